The fraction of sp³-hybridized carbons (Fsp3) is 1.00. The Morgan fingerprint density at radius 3 is 1.75 bits per heavy atom. The van der Waals surface area contributed by atoms with Gasteiger partial charge in [-0.15, -0.1) is 0 Å². The summed E-state index contributed by atoms with van der Waals surface area (Å²) in [4.78, 5) is 4.87. The normalized spacial score (nSPS) is 14.0. The fourth-order valence-corrected chi connectivity index (χ4v) is 1.07. The summed E-state index contributed by atoms with van der Waals surface area (Å²) in [6, 6.07) is 0. The van der Waals surface area contributed by atoms with Gasteiger partial charge in [0.05, 0.1) is 5.60 Å². The van der Waals surface area contributed by atoms with Crippen molar-refractivity contribution in [1.82, 2.24) is 5.23 Å². The van der Waals surface area contributed by atoms with Gasteiger partial charge in [-0.3, -0.25) is 10.1 Å². The Labute approximate surface area is 74.0 Å². The van der Waals surface area contributed by atoms with Crippen molar-refractivity contribution in [3.05, 3.63) is 5.21 Å². The molecule has 12 heavy (non-hydrogen) atoms. The minimum atomic E-state index is -0.880. The quantitative estimate of drug-likeness (QED) is 0.486. The average molecular weight is 176 g/mol. The molecule has 0 fully saturated rings. The molecule has 4 heteroatoms. The van der Waals surface area contributed by atoms with Crippen LogP contribution in [0.3, 0.4) is 0 Å². The second-order valence-electron chi connectivity index (χ2n) is 4.15. The zero-order valence-electron chi connectivity index (χ0n) is 8.67. The molecule has 0 aromatic heterocycles. The van der Waals surface area contributed by atoms with Gasteiger partial charge in [-0.1, -0.05) is 0 Å². The van der Waals surface area contributed by atoms with Gasteiger partial charge in [0, 0.05) is 0 Å². The second kappa shape index (κ2) is 3.70. The first-order chi connectivity index (χ1) is 5.12. The molecule has 0 aliphatic carbocycles. The maximum absolute atomic E-state index is 10.6. The second-order valence-corrected chi connectivity index (χ2v) is 4.15. The molecular weight excluding hydrogens is 158 g/mol. The van der Waals surface area contributed by atoms with Crippen LogP contribution in [0.15, 0.2) is 0 Å². The SMILES string of the molecule is CN([O-])OC(C)(C)OC(C)(C)C. The lowest BCUT2D eigenvalue weighted by molar-refractivity contribution is -0.332. The molecule has 0 unspecified atom stereocenters. The highest BCUT2D eigenvalue weighted by Gasteiger charge is 2.26. The standard InChI is InChI=1S/C8H18NO3/c1-7(2,3)11-8(4,5)12-9(6)10/h1-6H3/q-1. The summed E-state index contributed by atoms with van der Waals surface area (Å²) in [5.41, 5.74) is -0.320. The maximum atomic E-state index is 10.6. The van der Waals surface area contributed by atoms with Gasteiger partial charge in [0.25, 0.3) is 0 Å². The van der Waals surface area contributed by atoms with E-state index in [1.165, 1.54) is 7.05 Å². The molecule has 0 saturated heterocycles. The number of ether oxygens (including phenoxy) is 1. The highest BCUT2D eigenvalue weighted by Crippen LogP contribution is 2.21. The Balaban J connectivity index is 4.04. The van der Waals surface area contributed by atoms with Gasteiger partial charge in [-0.25, -0.2) is 0 Å². The third-order valence-electron chi connectivity index (χ3n) is 0.900. The van der Waals surface area contributed by atoms with E-state index in [0.717, 1.165) is 0 Å². The first kappa shape index (κ1) is 11.8. The lowest BCUT2D eigenvalue weighted by atomic mass is 10.2. The van der Waals surface area contributed by atoms with Crippen molar-refractivity contribution < 1.29 is 9.57 Å². The van der Waals surface area contributed by atoms with Crippen molar-refractivity contribution in [3.63, 3.8) is 0 Å². The van der Waals surface area contributed by atoms with Crippen LogP contribution in [0.25, 0.3) is 0 Å². The number of hydroxylamine groups is 2. The minimum absolute atomic E-state index is 0.320. The van der Waals surface area contributed by atoms with Crippen molar-refractivity contribution in [3.8, 4) is 0 Å². The first-order valence-corrected chi connectivity index (χ1v) is 3.92. The Kier molecular flexibility index (Phi) is 3.65. The van der Waals surface area contributed by atoms with Crippen molar-refractivity contribution in [2.45, 2.75) is 46.0 Å². The van der Waals surface area contributed by atoms with E-state index in [0.29, 0.717) is 5.23 Å². The van der Waals surface area contributed by atoms with Crippen LogP contribution in [0.5, 0.6) is 0 Å². The maximum Gasteiger partial charge on any atom is 0.181 e. The molecule has 0 heterocycles. The van der Waals surface area contributed by atoms with Crippen LogP contribution in [0, 0.1) is 5.21 Å². The summed E-state index contributed by atoms with van der Waals surface area (Å²) in [5, 5.41) is 11.0. The summed E-state index contributed by atoms with van der Waals surface area (Å²) in [6.45, 7) is 9.12. The third-order valence-corrected chi connectivity index (χ3v) is 0.900. The Morgan fingerprint density at radius 1 is 1.08 bits per heavy atom. The molecule has 4 nitrogen and oxygen atoms in total. The van der Waals surface area contributed by atoms with E-state index < -0.39 is 5.79 Å². The van der Waals surface area contributed by atoms with Gasteiger partial charge in [-0.2, -0.15) is 0 Å². The summed E-state index contributed by atoms with van der Waals surface area (Å²) in [7, 11) is 1.29. The molecular formula is C8H18NO3-. The molecule has 74 valence electrons. The van der Waals surface area contributed by atoms with Crippen LogP contribution < -0.4 is 0 Å². The van der Waals surface area contributed by atoms with Crippen LogP contribution in [-0.4, -0.2) is 23.7 Å². The van der Waals surface area contributed by atoms with E-state index in [9.17, 15) is 5.21 Å². The molecule has 0 radical (unpaired) electrons. The number of nitrogens with zero attached hydrogens (tertiary/aromatic N) is 1. The molecule has 0 N–H and O–H groups in total. The summed E-state index contributed by atoms with van der Waals surface area (Å²) in [6.07, 6.45) is 0. The third kappa shape index (κ3) is 6.54. The van der Waals surface area contributed by atoms with Crippen LogP contribution in [0.1, 0.15) is 34.6 Å². The topological polar surface area (TPSA) is 44.8 Å². The molecule has 0 bridgehead atoms. The Hall–Kier alpha value is -0.160. The van der Waals surface area contributed by atoms with Crippen LogP contribution >= 0.6 is 0 Å². The molecule has 0 saturated carbocycles. The van der Waals surface area contributed by atoms with Crippen molar-refractivity contribution in [2.24, 2.45) is 0 Å². The molecule has 0 aliphatic heterocycles. The number of hydrogen-bond acceptors (Lipinski definition) is 4. The van der Waals surface area contributed by atoms with Crippen molar-refractivity contribution >= 4 is 0 Å². The van der Waals surface area contributed by atoms with Gasteiger partial charge in [0.2, 0.25) is 0 Å². The zero-order valence-corrected chi connectivity index (χ0v) is 8.67. The van der Waals surface area contributed by atoms with E-state index in [1.54, 1.807) is 13.8 Å². The fourth-order valence-electron chi connectivity index (χ4n) is 1.07. The van der Waals surface area contributed by atoms with Gasteiger partial charge in [-0.05, 0) is 41.7 Å². The van der Waals surface area contributed by atoms with E-state index >= 15 is 0 Å². The minimum Gasteiger partial charge on any atom is -0.762 e. The monoisotopic (exact) mass is 176 g/mol. The zero-order chi connectivity index (χ0) is 9.99. The van der Waals surface area contributed by atoms with E-state index in [-0.39, 0.29) is 5.60 Å². The van der Waals surface area contributed by atoms with E-state index in [4.69, 9.17) is 9.57 Å². The van der Waals surface area contributed by atoms with Crippen LogP contribution in [0.4, 0.5) is 0 Å². The predicted octanol–water partition coefficient (Wildman–Crippen LogP) is 1.90. The molecule has 0 atom stereocenters. The van der Waals surface area contributed by atoms with Crippen LogP contribution in [0.2, 0.25) is 0 Å². The molecule has 0 amide bonds. The molecule has 0 aromatic carbocycles. The van der Waals surface area contributed by atoms with Crippen molar-refractivity contribution in [1.29, 1.82) is 0 Å². The lowest BCUT2D eigenvalue weighted by Crippen LogP contribution is -2.40. The van der Waals surface area contributed by atoms with E-state index in [2.05, 4.69) is 0 Å². The van der Waals surface area contributed by atoms with Gasteiger partial charge < -0.3 is 9.94 Å². The van der Waals surface area contributed by atoms with E-state index in [1.807, 2.05) is 20.8 Å². The predicted molar refractivity (Wildman–Crippen MR) is 47.1 cm³/mol. The molecule has 0 aromatic rings. The molecule has 0 rings (SSSR count). The Bertz CT molecular complexity index is 138. The number of rotatable bonds is 3. The summed E-state index contributed by atoms with van der Waals surface area (Å²) in [5.74, 6) is -0.880. The molecule has 0 aliphatic rings. The lowest BCUT2D eigenvalue weighted by Gasteiger charge is -2.37. The highest BCUT2D eigenvalue weighted by atomic mass is 16.9. The first-order valence-electron chi connectivity index (χ1n) is 3.92. The molecule has 0 spiro atoms. The highest BCUT2D eigenvalue weighted by molar-refractivity contribution is 4.65. The van der Waals surface area contributed by atoms with Gasteiger partial charge in [0.1, 0.15) is 0 Å². The van der Waals surface area contributed by atoms with Crippen molar-refractivity contribution in [2.75, 3.05) is 7.05 Å². The summed E-state index contributed by atoms with van der Waals surface area (Å²) < 4.78 is 5.47. The number of hydrogen-bond donors (Lipinski definition) is 0. The largest absolute Gasteiger partial charge is 0.762 e. The van der Waals surface area contributed by atoms with Gasteiger partial charge >= 0.3 is 0 Å². The Morgan fingerprint density at radius 2 is 1.50 bits per heavy atom. The van der Waals surface area contributed by atoms with Crippen LogP contribution in [-0.2, 0) is 9.57 Å². The average Bonchev–Trinajstić information content (AvgIpc) is 1.48. The smallest absolute Gasteiger partial charge is 0.181 e. The summed E-state index contributed by atoms with van der Waals surface area (Å²) >= 11 is 0. The van der Waals surface area contributed by atoms with Gasteiger partial charge in [0.15, 0.2) is 5.79 Å².